The summed E-state index contributed by atoms with van der Waals surface area (Å²) in [5, 5.41) is 3.58. The highest BCUT2D eigenvalue weighted by atomic mass is 35.5. The molecule has 0 saturated heterocycles. The quantitative estimate of drug-likeness (QED) is 0.619. The van der Waals surface area contributed by atoms with Crippen LogP contribution >= 0.6 is 23.4 Å². The maximum atomic E-state index is 13.2. The van der Waals surface area contributed by atoms with Gasteiger partial charge in [0.1, 0.15) is 6.54 Å². The Labute approximate surface area is 187 Å². The zero-order valence-electron chi connectivity index (χ0n) is 17.2. The number of benzene rings is 2. The molecule has 1 heterocycles. The van der Waals surface area contributed by atoms with Gasteiger partial charge in [0.15, 0.2) is 0 Å². The van der Waals surface area contributed by atoms with Gasteiger partial charge in [-0.15, -0.1) is 0 Å². The third-order valence-corrected chi connectivity index (χ3v) is 6.28. The van der Waals surface area contributed by atoms with Crippen LogP contribution in [0.15, 0.2) is 58.3 Å². The Morgan fingerprint density at radius 2 is 1.83 bits per heavy atom. The van der Waals surface area contributed by atoms with E-state index >= 15 is 0 Å². The normalized spacial score (nSPS) is 14.9. The number of hydrogen-bond acceptors (Lipinski definition) is 4. The first-order valence-electron chi connectivity index (χ1n) is 10.1. The molecule has 0 atom stereocenters. The summed E-state index contributed by atoms with van der Waals surface area (Å²) in [4.78, 5) is 31.1. The summed E-state index contributed by atoms with van der Waals surface area (Å²) in [6.45, 7) is 7.43. The summed E-state index contributed by atoms with van der Waals surface area (Å²) >= 11 is 7.38. The van der Waals surface area contributed by atoms with Crippen LogP contribution < -0.4 is 10.2 Å². The summed E-state index contributed by atoms with van der Waals surface area (Å²) < 4.78 is 0. The van der Waals surface area contributed by atoms with Crippen LogP contribution in [0.25, 0.3) is 6.08 Å². The predicted molar refractivity (Wildman–Crippen MR) is 125 cm³/mol. The number of hydrogen-bond donors (Lipinski definition) is 1. The van der Waals surface area contributed by atoms with Crippen molar-refractivity contribution in [3.8, 4) is 0 Å². The molecule has 3 rings (SSSR count). The number of carbonyl (C=O) groups excluding carboxylic acids is 2. The number of likely N-dealkylation sites (N-methyl/N-ethyl adjacent to an activating group) is 1. The summed E-state index contributed by atoms with van der Waals surface area (Å²) in [5.74, 6) is -0.337. The van der Waals surface area contributed by atoms with E-state index in [0.717, 1.165) is 35.8 Å². The van der Waals surface area contributed by atoms with Crippen molar-refractivity contribution in [2.45, 2.75) is 18.7 Å². The number of carbonyl (C=O) groups is 2. The van der Waals surface area contributed by atoms with Gasteiger partial charge in [-0.05, 0) is 49.0 Å². The number of rotatable bonds is 8. The van der Waals surface area contributed by atoms with Crippen LogP contribution in [0.2, 0.25) is 5.02 Å². The minimum absolute atomic E-state index is 0.00733. The zero-order valence-corrected chi connectivity index (χ0v) is 18.8. The largest absolute Gasteiger partial charge is 0.353 e. The molecule has 0 radical (unpaired) electrons. The van der Waals surface area contributed by atoms with Crippen molar-refractivity contribution in [2.24, 2.45) is 0 Å². The molecular weight excluding hydrogens is 418 g/mol. The number of nitrogens with one attached hydrogen (secondary N) is 1. The van der Waals surface area contributed by atoms with Crippen LogP contribution in [0.5, 0.6) is 0 Å². The first kappa shape index (κ1) is 22.4. The monoisotopic (exact) mass is 443 g/mol. The molecule has 0 aliphatic carbocycles. The molecule has 0 bridgehead atoms. The number of para-hydroxylation sites is 1. The molecule has 0 saturated carbocycles. The van der Waals surface area contributed by atoms with Crippen molar-refractivity contribution in [2.75, 3.05) is 37.6 Å². The van der Waals surface area contributed by atoms with E-state index in [0.29, 0.717) is 16.5 Å². The van der Waals surface area contributed by atoms with Crippen molar-refractivity contribution < 1.29 is 9.59 Å². The summed E-state index contributed by atoms with van der Waals surface area (Å²) in [6.07, 6.45) is 1.84. The van der Waals surface area contributed by atoms with Crippen molar-refractivity contribution >= 4 is 46.9 Å². The van der Waals surface area contributed by atoms with Gasteiger partial charge in [-0.25, -0.2) is 0 Å². The number of anilines is 1. The summed E-state index contributed by atoms with van der Waals surface area (Å²) in [6, 6.07) is 15.0. The molecule has 5 nitrogen and oxygen atoms in total. The lowest BCUT2D eigenvalue weighted by Gasteiger charge is -2.30. The van der Waals surface area contributed by atoms with E-state index in [1.807, 2.05) is 42.5 Å². The zero-order chi connectivity index (χ0) is 21.5. The highest BCUT2D eigenvalue weighted by Crippen LogP contribution is 2.41. The van der Waals surface area contributed by atoms with Crippen molar-refractivity contribution in [3.05, 3.63) is 64.0 Å². The van der Waals surface area contributed by atoms with E-state index in [4.69, 9.17) is 11.6 Å². The second-order valence-corrected chi connectivity index (χ2v) is 8.42. The average Bonchev–Trinajstić information content (AvgIpc) is 2.75. The van der Waals surface area contributed by atoms with Crippen molar-refractivity contribution in [1.29, 1.82) is 0 Å². The molecule has 1 aliphatic heterocycles. The molecule has 2 aromatic rings. The third kappa shape index (κ3) is 5.65. The molecule has 1 aliphatic rings. The summed E-state index contributed by atoms with van der Waals surface area (Å²) in [7, 11) is 0. The van der Waals surface area contributed by atoms with Crippen LogP contribution in [0, 0.1) is 0 Å². The molecule has 0 fully saturated rings. The third-order valence-electron chi connectivity index (χ3n) is 4.95. The van der Waals surface area contributed by atoms with Gasteiger partial charge < -0.3 is 10.2 Å². The number of halogens is 1. The van der Waals surface area contributed by atoms with Crippen LogP contribution in [0.1, 0.15) is 19.4 Å². The lowest BCUT2D eigenvalue weighted by molar-refractivity contribution is -0.122. The standard InChI is InChI=1S/C23H26ClN3O2S/c1-3-26(4-2)14-13-25-22(28)16-27-19-7-5-6-8-20(19)30-21(23(27)29)15-17-9-11-18(24)12-10-17/h5-12,15H,3-4,13-14,16H2,1-2H3,(H,25,28). The van der Waals surface area contributed by atoms with E-state index in [-0.39, 0.29) is 18.4 Å². The predicted octanol–water partition coefficient (Wildman–Crippen LogP) is 4.28. The molecule has 0 spiro atoms. The van der Waals surface area contributed by atoms with Crippen LogP contribution in [0.4, 0.5) is 5.69 Å². The van der Waals surface area contributed by atoms with Gasteiger partial charge in [0, 0.05) is 23.0 Å². The van der Waals surface area contributed by atoms with E-state index in [9.17, 15) is 9.59 Å². The van der Waals surface area contributed by atoms with Gasteiger partial charge in [-0.2, -0.15) is 0 Å². The maximum Gasteiger partial charge on any atom is 0.265 e. The first-order valence-corrected chi connectivity index (χ1v) is 11.3. The van der Waals surface area contributed by atoms with Crippen molar-refractivity contribution in [3.63, 3.8) is 0 Å². The van der Waals surface area contributed by atoms with Crippen molar-refractivity contribution in [1.82, 2.24) is 10.2 Å². The molecule has 2 aromatic carbocycles. The second-order valence-electron chi connectivity index (χ2n) is 6.90. The van der Waals surface area contributed by atoms with E-state index < -0.39 is 0 Å². The van der Waals surface area contributed by atoms with Crippen LogP contribution in [0.3, 0.4) is 0 Å². The number of fused-ring (bicyclic) bond motifs is 1. The Morgan fingerprint density at radius 3 is 2.53 bits per heavy atom. The molecule has 0 unspecified atom stereocenters. The first-order chi connectivity index (χ1) is 14.5. The van der Waals surface area contributed by atoms with E-state index in [2.05, 4.69) is 24.1 Å². The Hall–Kier alpha value is -2.28. The number of thioether (sulfide) groups is 1. The Bertz CT molecular complexity index is 926. The fraction of sp³-hybridized carbons (Fsp3) is 0.304. The number of amides is 2. The SMILES string of the molecule is CCN(CC)CCNC(=O)CN1C(=O)C(=Cc2ccc(Cl)cc2)Sc2ccccc21. The van der Waals surface area contributed by atoms with E-state index in [1.165, 1.54) is 11.8 Å². The van der Waals surface area contributed by atoms with Gasteiger partial charge in [0.2, 0.25) is 5.91 Å². The van der Waals surface area contributed by atoms with Gasteiger partial charge in [0.25, 0.3) is 5.91 Å². The second kappa shape index (κ2) is 10.7. The Kier molecular flexibility index (Phi) is 7.96. The molecule has 7 heteroatoms. The smallest absolute Gasteiger partial charge is 0.265 e. The maximum absolute atomic E-state index is 13.2. The molecule has 30 heavy (non-hydrogen) atoms. The van der Waals surface area contributed by atoms with Gasteiger partial charge in [0.05, 0.1) is 10.6 Å². The fourth-order valence-electron chi connectivity index (χ4n) is 3.22. The average molecular weight is 444 g/mol. The molecule has 1 N–H and O–H groups in total. The lowest BCUT2D eigenvalue weighted by Crippen LogP contribution is -2.44. The molecular formula is C23H26ClN3O2S. The Morgan fingerprint density at radius 1 is 1.13 bits per heavy atom. The summed E-state index contributed by atoms with van der Waals surface area (Å²) in [5.41, 5.74) is 1.65. The molecule has 158 valence electrons. The minimum atomic E-state index is -0.174. The van der Waals surface area contributed by atoms with Gasteiger partial charge in [-0.3, -0.25) is 14.5 Å². The fourth-order valence-corrected chi connectivity index (χ4v) is 4.41. The molecule has 0 aromatic heterocycles. The van der Waals surface area contributed by atoms with Gasteiger partial charge >= 0.3 is 0 Å². The highest BCUT2D eigenvalue weighted by Gasteiger charge is 2.30. The van der Waals surface area contributed by atoms with Crippen LogP contribution in [-0.2, 0) is 9.59 Å². The number of nitrogens with zero attached hydrogens (tertiary/aromatic N) is 2. The van der Waals surface area contributed by atoms with Gasteiger partial charge in [-0.1, -0.05) is 61.5 Å². The van der Waals surface area contributed by atoms with E-state index in [1.54, 1.807) is 17.0 Å². The molecule has 2 amide bonds. The lowest BCUT2D eigenvalue weighted by atomic mass is 10.2. The van der Waals surface area contributed by atoms with Crippen LogP contribution in [-0.4, -0.2) is 49.4 Å². The minimum Gasteiger partial charge on any atom is -0.353 e. The Balaban J connectivity index is 1.76. The highest BCUT2D eigenvalue weighted by molar-refractivity contribution is 8.04. The topological polar surface area (TPSA) is 52.7 Å².